The van der Waals surface area contributed by atoms with Crippen LogP contribution in [0.3, 0.4) is 0 Å². The van der Waals surface area contributed by atoms with Crippen LogP contribution in [-0.2, 0) is 10.0 Å². The van der Waals surface area contributed by atoms with Gasteiger partial charge in [0.05, 0.1) is 17.7 Å². The van der Waals surface area contributed by atoms with Crippen LogP contribution in [0.25, 0.3) is 0 Å². The van der Waals surface area contributed by atoms with E-state index in [-0.39, 0.29) is 10.6 Å². The van der Waals surface area contributed by atoms with Crippen molar-refractivity contribution >= 4 is 27.4 Å². The number of anilines is 2. The van der Waals surface area contributed by atoms with E-state index in [1.807, 2.05) is 6.07 Å². The summed E-state index contributed by atoms with van der Waals surface area (Å²) in [6.45, 7) is 4.28. The SMILES string of the molecule is CCN(CC)S(=O)(=O)c1ccc(OC)c(NC(=O)Nc2ccccc2)c1. The molecule has 2 N–H and O–H groups in total. The van der Waals surface area contributed by atoms with Gasteiger partial charge in [-0.2, -0.15) is 4.31 Å². The zero-order chi connectivity index (χ0) is 19.2. The molecule has 0 radical (unpaired) electrons. The summed E-state index contributed by atoms with van der Waals surface area (Å²) in [4.78, 5) is 12.3. The Kier molecular flexibility index (Phi) is 6.59. The van der Waals surface area contributed by atoms with Gasteiger partial charge in [-0.1, -0.05) is 32.0 Å². The maximum atomic E-state index is 12.7. The Hall–Kier alpha value is -2.58. The molecule has 0 fully saturated rings. The lowest BCUT2D eigenvalue weighted by Crippen LogP contribution is -2.30. The minimum absolute atomic E-state index is 0.0945. The molecule has 0 saturated carbocycles. The highest BCUT2D eigenvalue weighted by Gasteiger charge is 2.23. The lowest BCUT2D eigenvalue weighted by Gasteiger charge is -2.19. The summed E-state index contributed by atoms with van der Waals surface area (Å²) in [5.41, 5.74) is 0.894. The molecular weight excluding hydrogens is 354 g/mol. The van der Waals surface area contributed by atoms with E-state index in [1.165, 1.54) is 29.6 Å². The fourth-order valence-electron chi connectivity index (χ4n) is 2.46. The van der Waals surface area contributed by atoms with Gasteiger partial charge in [-0.3, -0.25) is 0 Å². The van der Waals surface area contributed by atoms with Gasteiger partial charge in [0.1, 0.15) is 5.75 Å². The third kappa shape index (κ3) is 4.53. The number of nitrogens with one attached hydrogen (secondary N) is 2. The van der Waals surface area contributed by atoms with Crippen LogP contribution >= 0.6 is 0 Å². The number of amides is 2. The Labute approximate surface area is 154 Å². The summed E-state index contributed by atoms with van der Waals surface area (Å²) in [7, 11) is -2.18. The fraction of sp³-hybridized carbons (Fsp3) is 0.278. The number of carbonyl (C=O) groups excluding carboxylic acids is 1. The molecule has 2 rings (SSSR count). The largest absolute Gasteiger partial charge is 0.495 e. The average Bonchev–Trinajstić information content (AvgIpc) is 2.63. The van der Waals surface area contributed by atoms with Crippen molar-refractivity contribution in [3.05, 3.63) is 48.5 Å². The van der Waals surface area contributed by atoms with E-state index in [4.69, 9.17) is 4.74 Å². The molecule has 0 saturated heterocycles. The smallest absolute Gasteiger partial charge is 0.323 e. The Morgan fingerprint density at radius 2 is 1.69 bits per heavy atom. The molecule has 0 atom stereocenters. The van der Waals surface area contributed by atoms with Gasteiger partial charge < -0.3 is 15.4 Å². The maximum Gasteiger partial charge on any atom is 0.323 e. The molecule has 2 aromatic carbocycles. The Morgan fingerprint density at radius 3 is 2.27 bits per heavy atom. The van der Waals surface area contributed by atoms with E-state index in [1.54, 1.807) is 38.1 Å². The van der Waals surface area contributed by atoms with Crippen molar-refractivity contribution in [2.45, 2.75) is 18.7 Å². The number of nitrogens with zero attached hydrogens (tertiary/aromatic N) is 1. The summed E-state index contributed by atoms with van der Waals surface area (Å²) >= 11 is 0. The number of benzene rings is 2. The first-order chi connectivity index (χ1) is 12.4. The zero-order valence-electron chi connectivity index (χ0n) is 15.0. The van der Waals surface area contributed by atoms with Crippen molar-refractivity contribution in [3.8, 4) is 5.75 Å². The number of hydrogen-bond acceptors (Lipinski definition) is 4. The van der Waals surface area contributed by atoms with E-state index in [0.29, 0.717) is 24.5 Å². The lowest BCUT2D eigenvalue weighted by molar-refractivity contribution is 0.262. The topological polar surface area (TPSA) is 87.7 Å². The summed E-state index contributed by atoms with van der Waals surface area (Å²) in [5.74, 6) is 0.367. The molecule has 0 heterocycles. The first kappa shape index (κ1) is 19.7. The molecule has 7 nitrogen and oxygen atoms in total. The standard InChI is InChI=1S/C18H23N3O4S/c1-4-21(5-2)26(23,24)15-11-12-17(25-3)16(13-15)20-18(22)19-14-9-7-6-8-10-14/h6-13H,4-5H2,1-3H3,(H2,19,20,22). The van der Waals surface area contributed by atoms with Crippen molar-refractivity contribution in [1.82, 2.24) is 4.31 Å². The molecule has 0 bridgehead atoms. The highest BCUT2D eigenvalue weighted by molar-refractivity contribution is 7.89. The fourth-order valence-corrected chi connectivity index (χ4v) is 3.95. The van der Waals surface area contributed by atoms with Crippen LogP contribution in [0.15, 0.2) is 53.4 Å². The zero-order valence-corrected chi connectivity index (χ0v) is 15.8. The number of urea groups is 1. The molecular formula is C18H23N3O4S. The van der Waals surface area contributed by atoms with E-state index in [9.17, 15) is 13.2 Å². The summed E-state index contributed by atoms with van der Waals surface area (Å²) in [6.07, 6.45) is 0. The maximum absolute atomic E-state index is 12.7. The van der Waals surface area contributed by atoms with Crippen molar-refractivity contribution in [3.63, 3.8) is 0 Å². The molecule has 0 aliphatic heterocycles. The summed E-state index contributed by atoms with van der Waals surface area (Å²) in [6, 6.07) is 12.8. The molecule has 140 valence electrons. The summed E-state index contributed by atoms with van der Waals surface area (Å²) in [5, 5.41) is 5.32. The Morgan fingerprint density at radius 1 is 1.04 bits per heavy atom. The van der Waals surface area contributed by atoms with Crippen LogP contribution in [0.4, 0.5) is 16.2 Å². The van der Waals surface area contributed by atoms with Gasteiger partial charge in [0.2, 0.25) is 10.0 Å². The molecule has 0 spiro atoms. The molecule has 0 aromatic heterocycles. The first-order valence-corrected chi connectivity index (χ1v) is 9.67. The molecule has 26 heavy (non-hydrogen) atoms. The molecule has 2 amide bonds. The second kappa shape index (κ2) is 8.68. The number of rotatable bonds is 7. The lowest BCUT2D eigenvalue weighted by atomic mass is 10.3. The van der Waals surface area contributed by atoms with Crippen LogP contribution in [0, 0.1) is 0 Å². The second-order valence-electron chi connectivity index (χ2n) is 5.40. The van der Waals surface area contributed by atoms with Crippen LogP contribution in [0.1, 0.15) is 13.8 Å². The Balaban J connectivity index is 2.28. The number of hydrogen-bond donors (Lipinski definition) is 2. The van der Waals surface area contributed by atoms with E-state index < -0.39 is 16.1 Å². The van der Waals surface area contributed by atoms with Gasteiger partial charge in [0.15, 0.2) is 0 Å². The monoisotopic (exact) mass is 377 g/mol. The third-order valence-electron chi connectivity index (χ3n) is 3.79. The van der Waals surface area contributed by atoms with Gasteiger partial charge in [0.25, 0.3) is 0 Å². The first-order valence-electron chi connectivity index (χ1n) is 8.23. The molecule has 2 aromatic rings. The predicted molar refractivity (Wildman–Crippen MR) is 102 cm³/mol. The summed E-state index contributed by atoms with van der Waals surface area (Å²) < 4.78 is 31.9. The highest BCUT2D eigenvalue weighted by atomic mass is 32.2. The van der Waals surface area contributed by atoms with E-state index >= 15 is 0 Å². The highest BCUT2D eigenvalue weighted by Crippen LogP contribution is 2.29. The van der Waals surface area contributed by atoms with Crippen LogP contribution in [0.2, 0.25) is 0 Å². The van der Waals surface area contributed by atoms with E-state index in [2.05, 4.69) is 10.6 Å². The van der Waals surface area contributed by atoms with Gasteiger partial charge in [-0.05, 0) is 30.3 Å². The van der Waals surface area contributed by atoms with Gasteiger partial charge >= 0.3 is 6.03 Å². The normalized spacial score (nSPS) is 11.2. The van der Waals surface area contributed by atoms with Crippen LogP contribution in [0.5, 0.6) is 5.75 Å². The number of carbonyl (C=O) groups is 1. The molecule has 8 heteroatoms. The number of sulfonamides is 1. The average molecular weight is 377 g/mol. The minimum atomic E-state index is -3.64. The van der Waals surface area contributed by atoms with Crippen molar-refractivity contribution in [2.75, 3.05) is 30.8 Å². The third-order valence-corrected chi connectivity index (χ3v) is 5.84. The van der Waals surface area contributed by atoms with Gasteiger partial charge in [0, 0.05) is 18.8 Å². The molecule has 0 aliphatic carbocycles. The molecule has 0 aliphatic rings. The van der Waals surface area contributed by atoms with E-state index in [0.717, 1.165) is 0 Å². The number of para-hydroxylation sites is 1. The Bertz CT molecular complexity index is 850. The minimum Gasteiger partial charge on any atom is -0.495 e. The van der Waals surface area contributed by atoms with Crippen LogP contribution < -0.4 is 15.4 Å². The van der Waals surface area contributed by atoms with Gasteiger partial charge in [-0.15, -0.1) is 0 Å². The predicted octanol–water partition coefficient (Wildman–Crippen LogP) is 3.37. The van der Waals surface area contributed by atoms with Crippen molar-refractivity contribution in [2.24, 2.45) is 0 Å². The van der Waals surface area contributed by atoms with Gasteiger partial charge in [-0.25, -0.2) is 13.2 Å². The van der Waals surface area contributed by atoms with Crippen LogP contribution in [-0.4, -0.2) is 39.0 Å². The number of ether oxygens (including phenoxy) is 1. The van der Waals surface area contributed by atoms with Crippen molar-refractivity contribution < 1.29 is 17.9 Å². The number of methoxy groups -OCH3 is 1. The van der Waals surface area contributed by atoms with Crippen molar-refractivity contribution in [1.29, 1.82) is 0 Å². The second-order valence-corrected chi connectivity index (χ2v) is 7.33. The quantitative estimate of drug-likeness (QED) is 0.774. The molecule has 0 unspecified atom stereocenters.